The number of fused-ring (bicyclic) bond motifs is 2. The number of Topliss-reactive ketones (excluding diaryl/α,β-unsaturated/α-hetero) is 1. The molecule has 352 valence electrons. The smallest absolute Gasteiger partial charge is 0.316 e. The van der Waals surface area contributed by atoms with Gasteiger partial charge in [-0.25, -0.2) is 0 Å². The van der Waals surface area contributed by atoms with E-state index in [1.165, 1.54) is 26.0 Å². The van der Waals surface area contributed by atoms with E-state index in [4.69, 9.17) is 23.8 Å². The number of ketones is 1. The molecule has 13 atom stereocenters. The first-order valence-corrected chi connectivity index (χ1v) is 22.1. The van der Waals surface area contributed by atoms with Crippen molar-refractivity contribution in [3.8, 4) is 0 Å². The normalized spacial score (nSPS) is 35.2. The van der Waals surface area contributed by atoms with Crippen LogP contribution >= 0.6 is 0 Å². The molecule has 0 amide bonds. The second-order valence-corrected chi connectivity index (χ2v) is 18.4. The Kier molecular flexibility index (Phi) is 17.0. The summed E-state index contributed by atoms with van der Waals surface area (Å²) in [7, 11) is 5.73. The summed E-state index contributed by atoms with van der Waals surface area (Å²) in [5.41, 5.74) is -0.894. The standard InChI is InChI=1S/C44H69N7O12/c1-11-35-44(7,56)39(54)27(3)36(46-60-21-20-48(8)9)31-23-43(6,59-25-31)40(28(4)37(52)29(5)41(55)62-35)63-42-38(53)34(22-26(2)61-42)49(10)18-17-32-24-50(47-45-32)19-16-30-12-14-33(15-13-30)51(57)58/h12-15,24,26-29,31,34-35,38-40,42,53-54,56H,11,16-23,25H2,1-10H3/b46-36-/t26-,27+,28+,29-,31+,34+,35-,38-,39-,40-,42+,43-,44-/m1/s1. The number of non-ortho nitro benzene ring substituents is 1. The second kappa shape index (κ2) is 21.4. The quantitative estimate of drug-likeness (QED) is 0.0767. The van der Waals surface area contributed by atoms with Gasteiger partial charge in [-0.1, -0.05) is 43.3 Å². The van der Waals surface area contributed by atoms with Gasteiger partial charge in [0.05, 0.1) is 46.8 Å². The van der Waals surface area contributed by atoms with E-state index in [2.05, 4.69) is 15.5 Å². The highest BCUT2D eigenvalue weighted by molar-refractivity contribution is 6.00. The number of aromatic nitrogens is 3. The molecular formula is C44H69N7O12. The van der Waals surface area contributed by atoms with E-state index in [-0.39, 0.29) is 37.8 Å². The number of carbonyl (C=O) groups excluding carboxylic acids is 2. The number of hydrogen-bond donors (Lipinski definition) is 3. The van der Waals surface area contributed by atoms with Crippen molar-refractivity contribution in [2.75, 3.05) is 47.4 Å². The summed E-state index contributed by atoms with van der Waals surface area (Å²) in [6, 6.07) is 6.03. The largest absolute Gasteiger partial charge is 0.459 e. The molecule has 1 aromatic carbocycles. The Labute approximate surface area is 370 Å². The number of hydrogen-bond acceptors (Lipinski definition) is 17. The molecule has 3 aliphatic heterocycles. The van der Waals surface area contributed by atoms with E-state index >= 15 is 0 Å². The van der Waals surface area contributed by atoms with Crippen LogP contribution in [0.5, 0.6) is 0 Å². The monoisotopic (exact) mass is 888 g/mol. The van der Waals surface area contributed by atoms with E-state index in [9.17, 15) is 35.0 Å². The molecule has 0 aliphatic carbocycles. The number of carbonyl (C=O) groups is 2. The molecule has 63 heavy (non-hydrogen) atoms. The van der Waals surface area contributed by atoms with Crippen LogP contribution in [0.1, 0.15) is 79.0 Å². The zero-order valence-electron chi connectivity index (χ0n) is 38.5. The number of ether oxygens (including phenoxy) is 4. The summed E-state index contributed by atoms with van der Waals surface area (Å²) < 4.78 is 27.2. The number of esters is 1. The van der Waals surface area contributed by atoms with Crippen molar-refractivity contribution >= 4 is 23.2 Å². The first-order chi connectivity index (χ1) is 29.7. The first-order valence-electron chi connectivity index (χ1n) is 22.1. The number of aryl methyl sites for hydroxylation is 2. The molecule has 3 saturated heterocycles. The molecule has 5 rings (SSSR count). The Morgan fingerprint density at radius 1 is 1.05 bits per heavy atom. The predicted molar refractivity (Wildman–Crippen MR) is 230 cm³/mol. The van der Waals surface area contributed by atoms with Gasteiger partial charge in [0, 0.05) is 68.2 Å². The lowest BCUT2D eigenvalue weighted by Gasteiger charge is -2.46. The Morgan fingerprint density at radius 2 is 1.75 bits per heavy atom. The number of aliphatic hydroxyl groups is 3. The summed E-state index contributed by atoms with van der Waals surface area (Å²) in [6.07, 6.45) is -2.31. The van der Waals surface area contributed by atoms with Crippen LogP contribution in [0.25, 0.3) is 0 Å². The topological polar surface area (TPSA) is 234 Å². The fourth-order valence-electron chi connectivity index (χ4n) is 9.10. The van der Waals surface area contributed by atoms with Crippen LogP contribution in [0.2, 0.25) is 0 Å². The van der Waals surface area contributed by atoms with Crippen LogP contribution in [0, 0.1) is 33.8 Å². The lowest BCUT2D eigenvalue weighted by Crippen LogP contribution is -2.59. The van der Waals surface area contributed by atoms with Gasteiger partial charge in [-0.3, -0.25) is 24.4 Å². The zero-order valence-corrected chi connectivity index (χ0v) is 38.5. The second-order valence-electron chi connectivity index (χ2n) is 18.4. The van der Waals surface area contributed by atoms with Crippen molar-refractivity contribution in [2.24, 2.45) is 28.8 Å². The SMILES string of the molecule is CC[C@H]1OC(=O)[C@H](C)C(=O)[C@H](C)[C@@H](O[C@@H]2O[C@H](C)C[C@H](N(C)CCc3cn(CCc4ccc([N+](=O)[O-])cc4)nn3)[C@H]2O)[C@@]2(C)C[C@@H](CO2)/C(=N\OCCN(C)C)[C@H](C)[C@@H](O)[C@]1(C)O. The molecular weight excluding hydrogens is 819 g/mol. The van der Waals surface area contributed by atoms with Crippen molar-refractivity contribution < 1.29 is 53.6 Å². The number of nitrogens with zero attached hydrogens (tertiary/aromatic N) is 7. The molecule has 3 N–H and O–H groups in total. The number of oxime groups is 1. The third-order valence-electron chi connectivity index (χ3n) is 13.1. The van der Waals surface area contributed by atoms with Crippen molar-refractivity contribution in [3.05, 3.63) is 51.8 Å². The third-order valence-corrected chi connectivity index (χ3v) is 13.1. The number of benzene rings is 1. The van der Waals surface area contributed by atoms with Gasteiger partial charge in [0.2, 0.25) is 0 Å². The summed E-state index contributed by atoms with van der Waals surface area (Å²) in [4.78, 5) is 48.3. The van der Waals surface area contributed by atoms with Gasteiger partial charge in [-0.15, -0.1) is 5.10 Å². The van der Waals surface area contributed by atoms with Crippen LogP contribution in [0.15, 0.2) is 35.6 Å². The van der Waals surface area contributed by atoms with Crippen LogP contribution in [0.4, 0.5) is 5.69 Å². The van der Waals surface area contributed by atoms with E-state index in [1.54, 1.807) is 37.6 Å². The number of nitro benzene ring substituents is 1. The summed E-state index contributed by atoms with van der Waals surface area (Å²) in [5.74, 6) is -4.73. The number of cyclic esters (lactones) is 1. The van der Waals surface area contributed by atoms with Crippen molar-refractivity contribution in [1.29, 1.82) is 0 Å². The van der Waals surface area contributed by atoms with Crippen LogP contribution in [0.3, 0.4) is 0 Å². The van der Waals surface area contributed by atoms with E-state index < -0.39 is 88.3 Å². The van der Waals surface area contributed by atoms with Gasteiger partial charge >= 0.3 is 5.97 Å². The molecule has 0 saturated carbocycles. The molecule has 2 aromatic rings. The average Bonchev–Trinajstić information content (AvgIpc) is 3.88. The number of aliphatic hydroxyl groups excluding tert-OH is 2. The molecule has 1 aromatic heterocycles. The van der Waals surface area contributed by atoms with Gasteiger partial charge in [0.1, 0.15) is 30.3 Å². The number of nitro groups is 1. The molecule has 0 radical (unpaired) electrons. The van der Waals surface area contributed by atoms with Crippen LogP contribution in [-0.2, 0) is 52.8 Å². The molecule has 0 spiro atoms. The van der Waals surface area contributed by atoms with Gasteiger partial charge < -0.3 is 48.9 Å². The minimum atomic E-state index is -1.91. The Balaban J connectivity index is 1.35. The minimum absolute atomic E-state index is 0.0407. The molecule has 19 nitrogen and oxygen atoms in total. The van der Waals surface area contributed by atoms with Gasteiger partial charge in [-0.05, 0) is 80.1 Å². The lowest BCUT2D eigenvalue weighted by molar-refractivity contribution is -0.384. The van der Waals surface area contributed by atoms with Gasteiger partial charge in [0.25, 0.3) is 5.69 Å². The minimum Gasteiger partial charge on any atom is -0.459 e. The molecule has 3 fully saturated rings. The maximum absolute atomic E-state index is 14.3. The molecule has 3 aliphatic rings. The molecule has 4 heterocycles. The van der Waals surface area contributed by atoms with E-state index in [1.807, 2.05) is 51.0 Å². The van der Waals surface area contributed by atoms with E-state index in [0.29, 0.717) is 44.6 Å². The maximum atomic E-state index is 14.3. The van der Waals surface area contributed by atoms with Crippen LogP contribution < -0.4 is 0 Å². The summed E-state index contributed by atoms with van der Waals surface area (Å²) in [5, 5.41) is 59.6. The highest BCUT2D eigenvalue weighted by Gasteiger charge is 2.55. The van der Waals surface area contributed by atoms with Gasteiger partial charge in [-0.2, -0.15) is 0 Å². The third kappa shape index (κ3) is 12.0. The zero-order chi connectivity index (χ0) is 46.4. The lowest BCUT2D eigenvalue weighted by atomic mass is 9.75. The average molecular weight is 888 g/mol. The fourth-order valence-corrected chi connectivity index (χ4v) is 9.10. The maximum Gasteiger partial charge on any atom is 0.316 e. The first kappa shape index (κ1) is 50.1. The number of likely N-dealkylation sites (N-methyl/N-ethyl adjacent to an activating group) is 2. The van der Waals surface area contributed by atoms with Crippen molar-refractivity contribution in [2.45, 2.75) is 141 Å². The highest BCUT2D eigenvalue weighted by Crippen LogP contribution is 2.43. The Morgan fingerprint density at radius 3 is 2.40 bits per heavy atom. The molecule has 2 bridgehead atoms. The number of rotatable bonds is 15. The molecule has 19 heteroatoms. The molecule has 0 unspecified atom stereocenters. The Hall–Kier alpha value is -3.95. The summed E-state index contributed by atoms with van der Waals surface area (Å²) >= 11 is 0. The van der Waals surface area contributed by atoms with E-state index in [0.717, 1.165) is 11.3 Å². The Bertz CT molecular complexity index is 1880. The highest BCUT2D eigenvalue weighted by atomic mass is 16.7. The predicted octanol–water partition coefficient (Wildman–Crippen LogP) is 2.81. The summed E-state index contributed by atoms with van der Waals surface area (Å²) in [6.45, 7) is 13.8. The fraction of sp³-hybridized carbons (Fsp3) is 0.750. The van der Waals surface area contributed by atoms with Crippen LogP contribution in [-0.4, -0.2) is 164 Å². The van der Waals surface area contributed by atoms with Gasteiger partial charge in [0.15, 0.2) is 12.1 Å². The van der Waals surface area contributed by atoms with Crippen molar-refractivity contribution in [3.63, 3.8) is 0 Å². The van der Waals surface area contributed by atoms with Crippen molar-refractivity contribution in [1.82, 2.24) is 24.8 Å².